The summed E-state index contributed by atoms with van der Waals surface area (Å²) in [7, 11) is 0. The highest BCUT2D eigenvalue weighted by atomic mass is 19.2. The minimum atomic E-state index is -1.71. The Kier molecular flexibility index (Phi) is 3.76. The van der Waals surface area contributed by atoms with Crippen molar-refractivity contribution in [2.45, 2.75) is 13.0 Å². The molecule has 0 bridgehead atoms. The van der Waals surface area contributed by atoms with Gasteiger partial charge in [0.15, 0.2) is 0 Å². The standard InChI is InChI=1S/C14H10F5N/c1-6-2-3-8(16)12(13(6)19)14(20)11-9(17)4-7(15)5-10(11)18/h2-5,14H,20H2,1H3. The summed E-state index contributed by atoms with van der Waals surface area (Å²) in [5.74, 6) is -5.74. The number of aryl methyl sites for hydroxylation is 1. The molecule has 2 rings (SSSR count). The van der Waals surface area contributed by atoms with Crippen LogP contribution >= 0.6 is 0 Å². The lowest BCUT2D eigenvalue weighted by Crippen LogP contribution is -2.19. The molecule has 0 aliphatic carbocycles. The Morgan fingerprint density at radius 2 is 1.40 bits per heavy atom. The molecule has 0 spiro atoms. The van der Waals surface area contributed by atoms with Gasteiger partial charge in [0, 0.05) is 23.3 Å². The van der Waals surface area contributed by atoms with Gasteiger partial charge in [0.05, 0.1) is 6.04 Å². The van der Waals surface area contributed by atoms with Crippen LogP contribution in [0, 0.1) is 36.0 Å². The molecule has 0 heterocycles. The SMILES string of the molecule is Cc1ccc(F)c(C(N)c2c(F)cc(F)cc2F)c1F. The average molecular weight is 287 g/mol. The van der Waals surface area contributed by atoms with E-state index in [2.05, 4.69) is 0 Å². The van der Waals surface area contributed by atoms with Gasteiger partial charge in [-0.05, 0) is 18.6 Å². The number of hydrogen-bond acceptors (Lipinski definition) is 1. The lowest BCUT2D eigenvalue weighted by molar-refractivity contribution is 0.495. The van der Waals surface area contributed by atoms with Crippen molar-refractivity contribution < 1.29 is 22.0 Å². The van der Waals surface area contributed by atoms with Crippen LogP contribution in [0.1, 0.15) is 22.7 Å². The molecule has 1 unspecified atom stereocenters. The second-order valence-corrected chi connectivity index (χ2v) is 4.35. The van der Waals surface area contributed by atoms with Crippen molar-refractivity contribution in [3.05, 3.63) is 70.0 Å². The molecule has 0 fully saturated rings. The van der Waals surface area contributed by atoms with Crippen molar-refractivity contribution in [2.24, 2.45) is 5.73 Å². The van der Waals surface area contributed by atoms with E-state index in [9.17, 15) is 22.0 Å². The van der Waals surface area contributed by atoms with E-state index in [1.54, 1.807) is 0 Å². The molecule has 0 aliphatic heterocycles. The van der Waals surface area contributed by atoms with Gasteiger partial charge in [-0.25, -0.2) is 22.0 Å². The third kappa shape index (κ3) is 2.38. The highest BCUT2D eigenvalue weighted by Crippen LogP contribution is 2.30. The predicted octanol–water partition coefficient (Wildman–Crippen LogP) is 3.74. The first-order chi connectivity index (χ1) is 9.32. The van der Waals surface area contributed by atoms with Gasteiger partial charge in [-0.15, -0.1) is 0 Å². The maximum atomic E-state index is 13.9. The molecule has 2 aromatic rings. The molecular formula is C14H10F5N. The highest BCUT2D eigenvalue weighted by Gasteiger charge is 2.25. The van der Waals surface area contributed by atoms with E-state index in [4.69, 9.17) is 5.73 Å². The molecule has 1 atom stereocenters. The lowest BCUT2D eigenvalue weighted by atomic mass is 9.96. The predicted molar refractivity (Wildman–Crippen MR) is 63.4 cm³/mol. The van der Waals surface area contributed by atoms with E-state index < -0.39 is 46.3 Å². The summed E-state index contributed by atoms with van der Waals surface area (Å²) in [4.78, 5) is 0. The zero-order chi connectivity index (χ0) is 15.0. The topological polar surface area (TPSA) is 26.0 Å². The number of hydrogen-bond donors (Lipinski definition) is 1. The highest BCUT2D eigenvalue weighted by molar-refractivity contribution is 5.37. The summed E-state index contributed by atoms with van der Waals surface area (Å²) in [6.45, 7) is 1.36. The minimum Gasteiger partial charge on any atom is -0.320 e. The van der Waals surface area contributed by atoms with Crippen LogP contribution in [-0.2, 0) is 0 Å². The van der Waals surface area contributed by atoms with Crippen LogP contribution in [-0.4, -0.2) is 0 Å². The van der Waals surface area contributed by atoms with Crippen LogP contribution in [0.2, 0.25) is 0 Å². The van der Waals surface area contributed by atoms with E-state index >= 15 is 0 Å². The maximum absolute atomic E-state index is 13.9. The monoisotopic (exact) mass is 287 g/mol. The molecule has 0 radical (unpaired) electrons. The lowest BCUT2D eigenvalue weighted by Gasteiger charge is -2.17. The summed E-state index contributed by atoms with van der Waals surface area (Å²) >= 11 is 0. The Hall–Kier alpha value is -1.95. The van der Waals surface area contributed by atoms with Crippen LogP contribution < -0.4 is 5.73 Å². The molecule has 20 heavy (non-hydrogen) atoms. The molecule has 6 heteroatoms. The number of benzene rings is 2. The molecule has 0 aliphatic rings. The molecule has 106 valence electrons. The molecular weight excluding hydrogens is 277 g/mol. The van der Waals surface area contributed by atoms with Crippen molar-refractivity contribution in [1.82, 2.24) is 0 Å². The van der Waals surface area contributed by atoms with Gasteiger partial charge in [0.2, 0.25) is 0 Å². The summed E-state index contributed by atoms with van der Waals surface area (Å²) in [6, 6.07) is 1.23. The van der Waals surface area contributed by atoms with Crippen molar-refractivity contribution in [2.75, 3.05) is 0 Å². The van der Waals surface area contributed by atoms with E-state index in [1.165, 1.54) is 13.0 Å². The normalized spacial score (nSPS) is 12.6. The molecule has 0 saturated heterocycles. The molecule has 2 aromatic carbocycles. The van der Waals surface area contributed by atoms with Gasteiger partial charge in [-0.3, -0.25) is 0 Å². The number of rotatable bonds is 2. The zero-order valence-corrected chi connectivity index (χ0v) is 10.4. The third-order valence-corrected chi connectivity index (χ3v) is 2.99. The van der Waals surface area contributed by atoms with Gasteiger partial charge < -0.3 is 5.73 Å². The first-order valence-corrected chi connectivity index (χ1v) is 5.67. The van der Waals surface area contributed by atoms with E-state index in [0.717, 1.165) is 6.07 Å². The third-order valence-electron chi connectivity index (χ3n) is 2.99. The van der Waals surface area contributed by atoms with Gasteiger partial charge in [0.1, 0.15) is 29.1 Å². The van der Waals surface area contributed by atoms with Crippen LogP contribution in [0.5, 0.6) is 0 Å². The number of nitrogens with two attached hydrogens (primary N) is 1. The Bertz CT molecular complexity index is 646. The molecule has 0 aromatic heterocycles. The summed E-state index contributed by atoms with van der Waals surface area (Å²) in [5, 5.41) is 0. The fourth-order valence-corrected chi connectivity index (χ4v) is 1.96. The van der Waals surface area contributed by atoms with Crippen molar-refractivity contribution >= 4 is 0 Å². The second kappa shape index (κ2) is 5.20. The van der Waals surface area contributed by atoms with Gasteiger partial charge in [-0.2, -0.15) is 0 Å². The van der Waals surface area contributed by atoms with Crippen LogP contribution in [0.4, 0.5) is 22.0 Å². The average Bonchev–Trinajstić information content (AvgIpc) is 2.33. The van der Waals surface area contributed by atoms with Crippen LogP contribution in [0.15, 0.2) is 24.3 Å². The van der Waals surface area contributed by atoms with Crippen molar-refractivity contribution in [3.63, 3.8) is 0 Å². The van der Waals surface area contributed by atoms with Crippen LogP contribution in [0.3, 0.4) is 0 Å². The Morgan fingerprint density at radius 3 is 1.95 bits per heavy atom. The minimum absolute atomic E-state index is 0.0831. The fraction of sp³-hybridized carbons (Fsp3) is 0.143. The summed E-state index contributed by atoms with van der Waals surface area (Å²) in [6.07, 6.45) is 0. The van der Waals surface area contributed by atoms with Crippen molar-refractivity contribution in [1.29, 1.82) is 0 Å². The largest absolute Gasteiger partial charge is 0.320 e. The van der Waals surface area contributed by atoms with Gasteiger partial charge >= 0.3 is 0 Å². The first-order valence-electron chi connectivity index (χ1n) is 5.67. The van der Waals surface area contributed by atoms with Gasteiger partial charge in [0.25, 0.3) is 0 Å². The summed E-state index contributed by atoms with van der Waals surface area (Å²) < 4.78 is 67.6. The summed E-state index contributed by atoms with van der Waals surface area (Å²) in [5.41, 5.74) is 4.20. The van der Waals surface area contributed by atoms with E-state index in [-0.39, 0.29) is 5.56 Å². The molecule has 2 N–H and O–H groups in total. The molecule has 1 nitrogen and oxygen atoms in total. The van der Waals surface area contributed by atoms with E-state index in [0.29, 0.717) is 12.1 Å². The number of halogens is 5. The Balaban J connectivity index is 2.64. The quantitative estimate of drug-likeness (QED) is 0.837. The van der Waals surface area contributed by atoms with Crippen molar-refractivity contribution in [3.8, 4) is 0 Å². The first kappa shape index (κ1) is 14.5. The Morgan fingerprint density at radius 1 is 0.850 bits per heavy atom. The Labute approximate surface area is 111 Å². The van der Waals surface area contributed by atoms with Crippen LogP contribution in [0.25, 0.3) is 0 Å². The zero-order valence-electron chi connectivity index (χ0n) is 10.4. The van der Waals surface area contributed by atoms with E-state index in [1.807, 2.05) is 0 Å². The molecule has 0 amide bonds. The second-order valence-electron chi connectivity index (χ2n) is 4.35. The smallest absolute Gasteiger partial charge is 0.134 e. The molecule has 0 saturated carbocycles. The maximum Gasteiger partial charge on any atom is 0.134 e. The van der Waals surface area contributed by atoms with Gasteiger partial charge in [-0.1, -0.05) is 6.07 Å². The fourth-order valence-electron chi connectivity index (χ4n) is 1.96.